The molecule has 0 amide bonds. The first kappa shape index (κ1) is 19.0. The number of methoxy groups -OCH3 is 1. The molecular formula is C17H11Cl2NO4S. The summed E-state index contributed by atoms with van der Waals surface area (Å²) in [7, 11) is -2.89. The second kappa shape index (κ2) is 7.70. The van der Waals surface area contributed by atoms with Crippen molar-refractivity contribution in [2.75, 3.05) is 7.11 Å². The number of sulfone groups is 1. The van der Waals surface area contributed by atoms with E-state index in [1.54, 1.807) is 6.07 Å². The maximum absolute atomic E-state index is 12.7. The minimum Gasteiger partial charge on any atom is -0.465 e. The van der Waals surface area contributed by atoms with Gasteiger partial charge in [0.15, 0.2) is 0 Å². The van der Waals surface area contributed by atoms with E-state index in [-0.39, 0.29) is 14.9 Å². The van der Waals surface area contributed by atoms with Gasteiger partial charge in [0.25, 0.3) is 0 Å². The Labute approximate surface area is 155 Å². The third-order valence-corrected chi connectivity index (χ3v) is 5.59. The van der Waals surface area contributed by atoms with Gasteiger partial charge in [-0.15, -0.1) is 0 Å². The van der Waals surface area contributed by atoms with Gasteiger partial charge in [0.2, 0.25) is 9.84 Å². The van der Waals surface area contributed by atoms with Crippen LogP contribution in [0.1, 0.15) is 15.9 Å². The third-order valence-electron chi connectivity index (χ3n) is 3.21. The van der Waals surface area contributed by atoms with Crippen LogP contribution in [0.4, 0.5) is 0 Å². The summed E-state index contributed by atoms with van der Waals surface area (Å²) in [5, 5.41) is 9.43. The van der Waals surface area contributed by atoms with Crippen LogP contribution >= 0.6 is 23.2 Å². The predicted molar refractivity (Wildman–Crippen MR) is 95.0 cm³/mol. The molecule has 0 bridgehead atoms. The molecule has 0 aliphatic heterocycles. The fourth-order valence-corrected chi connectivity index (χ4v) is 3.87. The summed E-state index contributed by atoms with van der Waals surface area (Å²) in [5.41, 5.74) is 0.727. The lowest BCUT2D eigenvalue weighted by atomic mass is 10.1. The van der Waals surface area contributed by atoms with E-state index in [1.165, 1.54) is 55.7 Å². The molecule has 0 aliphatic rings. The van der Waals surface area contributed by atoms with Crippen molar-refractivity contribution in [3.05, 3.63) is 68.5 Å². The molecule has 2 rings (SSSR count). The summed E-state index contributed by atoms with van der Waals surface area (Å²) in [6.45, 7) is 0. The van der Waals surface area contributed by atoms with Crippen LogP contribution in [0.5, 0.6) is 0 Å². The second-order valence-corrected chi connectivity index (χ2v) is 7.54. The lowest BCUT2D eigenvalue weighted by Gasteiger charge is -2.06. The summed E-state index contributed by atoms with van der Waals surface area (Å²) >= 11 is 11.8. The van der Waals surface area contributed by atoms with Crippen molar-refractivity contribution in [3.8, 4) is 6.07 Å². The van der Waals surface area contributed by atoms with E-state index in [0.717, 1.165) is 0 Å². The third kappa shape index (κ3) is 4.20. The zero-order chi connectivity index (χ0) is 18.6. The minimum absolute atomic E-state index is 0.0356. The number of allylic oxidation sites excluding steroid dienone is 1. The number of carbonyl (C=O) groups excluding carboxylic acids is 1. The number of nitrogens with zero attached hydrogens (tertiary/aromatic N) is 1. The van der Waals surface area contributed by atoms with Gasteiger partial charge < -0.3 is 4.74 Å². The van der Waals surface area contributed by atoms with Crippen LogP contribution in [0.3, 0.4) is 0 Å². The summed E-state index contributed by atoms with van der Waals surface area (Å²) in [5.74, 6) is -0.519. The average molecular weight is 396 g/mol. The minimum atomic E-state index is -4.14. The number of hydrogen-bond acceptors (Lipinski definition) is 5. The van der Waals surface area contributed by atoms with Crippen molar-refractivity contribution in [1.29, 1.82) is 5.26 Å². The van der Waals surface area contributed by atoms with Gasteiger partial charge in [-0.1, -0.05) is 35.3 Å². The molecule has 0 aliphatic carbocycles. The van der Waals surface area contributed by atoms with Crippen molar-refractivity contribution in [1.82, 2.24) is 0 Å². The van der Waals surface area contributed by atoms with Crippen LogP contribution in [0.15, 0.2) is 52.3 Å². The molecule has 0 atom stereocenters. The maximum Gasteiger partial charge on any atom is 0.337 e. The van der Waals surface area contributed by atoms with E-state index < -0.39 is 20.7 Å². The molecule has 8 heteroatoms. The maximum atomic E-state index is 12.7. The fourth-order valence-electron chi connectivity index (χ4n) is 1.96. The smallest absolute Gasteiger partial charge is 0.337 e. The Morgan fingerprint density at radius 1 is 1.16 bits per heavy atom. The van der Waals surface area contributed by atoms with Gasteiger partial charge in [0.05, 0.1) is 22.6 Å². The molecule has 0 saturated carbocycles. The molecule has 0 heterocycles. The van der Waals surface area contributed by atoms with Gasteiger partial charge in [-0.25, -0.2) is 13.2 Å². The molecule has 0 unspecified atom stereocenters. The molecule has 2 aromatic carbocycles. The first-order valence-corrected chi connectivity index (χ1v) is 9.04. The Morgan fingerprint density at radius 2 is 1.80 bits per heavy atom. The molecule has 2 aromatic rings. The van der Waals surface area contributed by atoms with Crippen LogP contribution < -0.4 is 0 Å². The van der Waals surface area contributed by atoms with Crippen LogP contribution in [0.2, 0.25) is 10.0 Å². The summed E-state index contributed by atoms with van der Waals surface area (Å²) in [4.78, 5) is 10.7. The first-order chi connectivity index (χ1) is 11.8. The van der Waals surface area contributed by atoms with E-state index in [1.807, 2.05) is 0 Å². The van der Waals surface area contributed by atoms with E-state index in [0.29, 0.717) is 11.1 Å². The predicted octanol–water partition coefficient (Wildman–Crippen LogP) is 4.12. The Morgan fingerprint density at radius 3 is 2.36 bits per heavy atom. The van der Waals surface area contributed by atoms with Gasteiger partial charge >= 0.3 is 5.97 Å². The molecular weight excluding hydrogens is 385 g/mol. The molecule has 0 fully saturated rings. The van der Waals surface area contributed by atoms with Crippen LogP contribution in [0, 0.1) is 11.3 Å². The summed E-state index contributed by atoms with van der Waals surface area (Å²) < 4.78 is 29.9. The largest absolute Gasteiger partial charge is 0.465 e. The van der Waals surface area contributed by atoms with Gasteiger partial charge in [-0.2, -0.15) is 5.26 Å². The van der Waals surface area contributed by atoms with Gasteiger partial charge in [-0.3, -0.25) is 0 Å². The van der Waals surface area contributed by atoms with Gasteiger partial charge in [-0.05, 0) is 42.0 Å². The molecule has 0 aromatic heterocycles. The number of esters is 1. The van der Waals surface area contributed by atoms with E-state index in [2.05, 4.69) is 4.74 Å². The van der Waals surface area contributed by atoms with Crippen molar-refractivity contribution < 1.29 is 17.9 Å². The lowest BCUT2D eigenvalue weighted by molar-refractivity contribution is 0.0600. The normalized spacial score (nSPS) is 11.7. The Hall–Kier alpha value is -2.33. The highest BCUT2D eigenvalue weighted by Crippen LogP contribution is 2.30. The van der Waals surface area contributed by atoms with Crippen LogP contribution in [-0.2, 0) is 14.6 Å². The highest BCUT2D eigenvalue weighted by molar-refractivity contribution is 7.95. The van der Waals surface area contributed by atoms with Crippen molar-refractivity contribution in [2.24, 2.45) is 0 Å². The average Bonchev–Trinajstić information content (AvgIpc) is 2.61. The second-order valence-electron chi connectivity index (χ2n) is 4.81. The number of benzene rings is 2. The van der Waals surface area contributed by atoms with Crippen molar-refractivity contribution in [2.45, 2.75) is 4.90 Å². The first-order valence-electron chi connectivity index (χ1n) is 6.80. The number of ether oxygens (including phenoxy) is 1. The Balaban J connectivity index is 2.48. The van der Waals surface area contributed by atoms with Crippen molar-refractivity contribution in [3.63, 3.8) is 0 Å². The summed E-state index contributed by atoms with van der Waals surface area (Å²) in [6.07, 6.45) is 1.19. The van der Waals surface area contributed by atoms with E-state index >= 15 is 0 Å². The number of nitriles is 1. The van der Waals surface area contributed by atoms with Crippen LogP contribution in [0.25, 0.3) is 6.08 Å². The topological polar surface area (TPSA) is 84.2 Å². The number of rotatable bonds is 4. The molecule has 5 nitrogen and oxygen atoms in total. The Kier molecular flexibility index (Phi) is 5.85. The highest BCUT2D eigenvalue weighted by atomic mass is 35.5. The molecule has 0 spiro atoms. The van der Waals surface area contributed by atoms with E-state index in [4.69, 9.17) is 23.2 Å². The number of hydrogen-bond donors (Lipinski definition) is 0. The monoisotopic (exact) mass is 395 g/mol. The SMILES string of the molecule is COC(=O)c1ccc(C=C(C#N)S(=O)(=O)c2cc(Cl)ccc2Cl)cc1. The summed E-state index contributed by atoms with van der Waals surface area (Å²) in [6, 6.07) is 11.6. The Bertz CT molecular complexity index is 990. The highest BCUT2D eigenvalue weighted by Gasteiger charge is 2.24. The quantitative estimate of drug-likeness (QED) is 0.574. The van der Waals surface area contributed by atoms with Gasteiger partial charge in [0.1, 0.15) is 11.0 Å². The number of carbonyl (C=O) groups is 1. The molecule has 25 heavy (non-hydrogen) atoms. The van der Waals surface area contributed by atoms with E-state index in [9.17, 15) is 18.5 Å². The zero-order valence-corrected chi connectivity index (χ0v) is 15.2. The number of halogens is 2. The van der Waals surface area contributed by atoms with Crippen molar-refractivity contribution >= 4 is 45.1 Å². The molecule has 0 N–H and O–H groups in total. The van der Waals surface area contributed by atoms with Crippen LogP contribution in [-0.4, -0.2) is 21.5 Å². The standard InChI is InChI=1S/C17H11Cl2NO4S/c1-24-17(21)12-4-2-11(3-5-12)8-14(10-20)25(22,23)16-9-13(18)6-7-15(16)19/h2-9H,1H3. The molecule has 128 valence electrons. The lowest BCUT2D eigenvalue weighted by Crippen LogP contribution is -2.04. The van der Waals surface area contributed by atoms with Gasteiger partial charge in [0, 0.05) is 5.02 Å². The zero-order valence-electron chi connectivity index (χ0n) is 12.9. The molecule has 0 saturated heterocycles. The fraction of sp³-hybridized carbons (Fsp3) is 0.0588. The molecule has 0 radical (unpaired) electrons.